The zero-order chi connectivity index (χ0) is 13.5. The first-order chi connectivity index (χ1) is 9.29. The fourth-order valence-electron chi connectivity index (χ4n) is 3.18. The Kier molecular flexibility index (Phi) is 5.86. The van der Waals surface area contributed by atoms with Crippen molar-refractivity contribution in [3.63, 3.8) is 0 Å². The van der Waals surface area contributed by atoms with E-state index in [4.69, 9.17) is 0 Å². The Morgan fingerprint density at radius 3 is 2.74 bits per heavy atom. The minimum atomic E-state index is 0.130. The van der Waals surface area contributed by atoms with Gasteiger partial charge in [-0.05, 0) is 45.3 Å². The molecule has 0 aromatic carbocycles. The van der Waals surface area contributed by atoms with Crippen LogP contribution in [0.3, 0.4) is 0 Å². The zero-order valence-electron chi connectivity index (χ0n) is 11.9. The van der Waals surface area contributed by atoms with E-state index in [0.29, 0.717) is 19.1 Å². The maximum Gasteiger partial charge on any atom is 0.234 e. The van der Waals surface area contributed by atoms with Crippen molar-refractivity contribution in [3.8, 4) is 0 Å². The van der Waals surface area contributed by atoms with E-state index in [1.54, 1.807) is 6.08 Å². The van der Waals surface area contributed by atoms with E-state index in [0.717, 1.165) is 13.1 Å². The maximum absolute atomic E-state index is 11.8. The summed E-state index contributed by atoms with van der Waals surface area (Å²) < 4.78 is 0. The van der Waals surface area contributed by atoms with Gasteiger partial charge in [-0.15, -0.1) is 6.58 Å². The van der Waals surface area contributed by atoms with Crippen LogP contribution in [0.5, 0.6) is 0 Å². The highest BCUT2D eigenvalue weighted by atomic mass is 16.2. The van der Waals surface area contributed by atoms with Crippen LogP contribution in [-0.2, 0) is 4.79 Å². The van der Waals surface area contributed by atoms with Crippen LogP contribution in [0.2, 0.25) is 0 Å². The summed E-state index contributed by atoms with van der Waals surface area (Å²) in [5, 5.41) is 2.87. The van der Waals surface area contributed by atoms with Crippen LogP contribution in [0.4, 0.5) is 0 Å². The van der Waals surface area contributed by atoms with Crippen LogP contribution in [0.1, 0.15) is 32.1 Å². The second-order valence-electron chi connectivity index (χ2n) is 5.72. The number of hydrogen-bond acceptors (Lipinski definition) is 3. The molecule has 0 radical (unpaired) electrons. The fraction of sp³-hybridized carbons (Fsp3) is 0.800. The van der Waals surface area contributed by atoms with Gasteiger partial charge in [-0.1, -0.05) is 12.5 Å². The van der Waals surface area contributed by atoms with E-state index in [1.807, 2.05) is 0 Å². The number of carbonyl (C=O) groups excluding carboxylic acids is 1. The zero-order valence-corrected chi connectivity index (χ0v) is 11.9. The lowest BCUT2D eigenvalue weighted by Crippen LogP contribution is -2.45. The summed E-state index contributed by atoms with van der Waals surface area (Å²) in [4.78, 5) is 16.7. The molecule has 4 heteroatoms. The molecule has 108 valence electrons. The molecular weight excluding hydrogens is 238 g/mol. The molecule has 4 nitrogen and oxygen atoms in total. The van der Waals surface area contributed by atoms with Gasteiger partial charge in [0.2, 0.25) is 5.91 Å². The lowest BCUT2D eigenvalue weighted by molar-refractivity contribution is -0.122. The standard InChI is InChI=1S/C15H27N3O/c1-2-8-16-15(19)13-18-11-6-7-14(18)12-17-9-4-3-5-10-17/h2,14H,1,3-13H2,(H,16,19). The number of rotatable bonds is 6. The number of carbonyl (C=O) groups is 1. The quantitative estimate of drug-likeness (QED) is 0.734. The van der Waals surface area contributed by atoms with Gasteiger partial charge in [-0.25, -0.2) is 0 Å². The summed E-state index contributed by atoms with van der Waals surface area (Å²) in [5.74, 6) is 0.130. The van der Waals surface area contributed by atoms with Gasteiger partial charge in [0, 0.05) is 19.1 Å². The van der Waals surface area contributed by atoms with Crippen molar-refractivity contribution in [3.05, 3.63) is 12.7 Å². The third-order valence-electron chi connectivity index (χ3n) is 4.21. The average Bonchev–Trinajstić information content (AvgIpc) is 2.85. The van der Waals surface area contributed by atoms with E-state index < -0.39 is 0 Å². The molecule has 2 fully saturated rings. The average molecular weight is 265 g/mol. The molecule has 2 aliphatic heterocycles. The lowest BCUT2D eigenvalue weighted by Gasteiger charge is -2.32. The van der Waals surface area contributed by atoms with Gasteiger partial charge in [0.25, 0.3) is 0 Å². The highest BCUT2D eigenvalue weighted by molar-refractivity contribution is 5.78. The molecule has 2 rings (SSSR count). The van der Waals surface area contributed by atoms with E-state index in [1.165, 1.54) is 45.2 Å². The molecule has 0 bridgehead atoms. The predicted octanol–water partition coefficient (Wildman–Crippen LogP) is 1.24. The van der Waals surface area contributed by atoms with Crippen molar-refractivity contribution < 1.29 is 4.79 Å². The van der Waals surface area contributed by atoms with Crippen molar-refractivity contribution in [2.24, 2.45) is 0 Å². The SMILES string of the molecule is C=CCNC(=O)CN1CCCC1CN1CCCCC1. The first-order valence-electron chi connectivity index (χ1n) is 7.63. The number of piperidine rings is 1. The molecule has 0 aromatic heterocycles. The smallest absolute Gasteiger partial charge is 0.234 e. The van der Waals surface area contributed by atoms with Gasteiger partial charge in [-0.2, -0.15) is 0 Å². The highest BCUT2D eigenvalue weighted by Gasteiger charge is 2.28. The molecule has 0 aromatic rings. The number of hydrogen-bond donors (Lipinski definition) is 1. The van der Waals surface area contributed by atoms with Gasteiger partial charge >= 0.3 is 0 Å². The summed E-state index contributed by atoms with van der Waals surface area (Å²) in [6.07, 6.45) is 8.26. The van der Waals surface area contributed by atoms with E-state index in [9.17, 15) is 4.79 Å². The second-order valence-corrected chi connectivity index (χ2v) is 5.72. The first kappa shape index (κ1) is 14.5. The largest absolute Gasteiger partial charge is 0.352 e. The number of nitrogens with zero attached hydrogens (tertiary/aromatic N) is 2. The predicted molar refractivity (Wildman–Crippen MR) is 78.1 cm³/mol. The molecule has 2 aliphatic rings. The molecule has 1 N–H and O–H groups in total. The van der Waals surface area contributed by atoms with Crippen LogP contribution < -0.4 is 5.32 Å². The summed E-state index contributed by atoms with van der Waals surface area (Å²) in [6.45, 7) is 9.45. The minimum Gasteiger partial charge on any atom is -0.352 e. The Labute approximate surface area is 116 Å². The van der Waals surface area contributed by atoms with Crippen LogP contribution in [0.25, 0.3) is 0 Å². The minimum absolute atomic E-state index is 0.130. The van der Waals surface area contributed by atoms with Crippen LogP contribution in [0.15, 0.2) is 12.7 Å². The summed E-state index contributed by atoms with van der Waals surface area (Å²) in [5.41, 5.74) is 0. The van der Waals surface area contributed by atoms with Crippen molar-refractivity contribution in [2.45, 2.75) is 38.1 Å². The summed E-state index contributed by atoms with van der Waals surface area (Å²) >= 11 is 0. The highest BCUT2D eigenvalue weighted by Crippen LogP contribution is 2.19. The van der Waals surface area contributed by atoms with Gasteiger partial charge in [-0.3, -0.25) is 9.69 Å². The topological polar surface area (TPSA) is 35.6 Å². The Hall–Kier alpha value is -0.870. The van der Waals surface area contributed by atoms with Gasteiger partial charge < -0.3 is 10.2 Å². The number of likely N-dealkylation sites (tertiary alicyclic amines) is 2. The molecular formula is C15H27N3O. The van der Waals surface area contributed by atoms with E-state index in [-0.39, 0.29) is 5.91 Å². The molecule has 0 spiro atoms. The van der Waals surface area contributed by atoms with Gasteiger partial charge in [0.05, 0.1) is 6.54 Å². The van der Waals surface area contributed by atoms with Crippen LogP contribution >= 0.6 is 0 Å². The van der Waals surface area contributed by atoms with E-state index >= 15 is 0 Å². The number of nitrogens with one attached hydrogen (secondary N) is 1. The molecule has 1 unspecified atom stereocenters. The summed E-state index contributed by atoms with van der Waals surface area (Å²) in [6, 6.07) is 0.576. The molecule has 1 atom stereocenters. The monoisotopic (exact) mass is 265 g/mol. The second kappa shape index (κ2) is 7.65. The van der Waals surface area contributed by atoms with Gasteiger partial charge in [0.15, 0.2) is 0 Å². The third kappa shape index (κ3) is 4.62. The summed E-state index contributed by atoms with van der Waals surface area (Å²) in [7, 11) is 0. The van der Waals surface area contributed by atoms with E-state index in [2.05, 4.69) is 21.7 Å². The molecule has 1 amide bonds. The lowest BCUT2D eigenvalue weighted by atomic mass is 10.1. The first-order valence-corrected chi connectivity index (χ1v) is 7.63. The van der Waals surface area contributed by atoms with Crippen LogP contribution in [-0.4, -0.2) is 61.0 Å². The Morgan fingerprint density at radius 2 is 2.00 bits per heavy atom. The molecule has 2 heterocycles. The Balaban J connectivity index is 1.75. The fourth-order valence-corrected chi connectivity index (χ4v) is 3.18. The molecule has 0 saturated carbocycles. The van der Waals surface area contributed by atoms with Crippen molar-refractivity contribution in [1.29, 1.82) is 0 Å². The van der Waals surface area contributed by atoms with Crippen molar-refractivity contribution >= 4 is 5.91 Å². The van der Waals surface area contributed by atoms with Crippen molar-refractivity contribution in [1.82, 2.24) is 15.1 Å². The van der Waals surface area contributed by atoms with Crippen molar-refractivity contribution in [2.75, 3.05) is 39.3 Å². The molecule has 19 heavy (non-hydrogen) atoms. The molecule has 2 saturated heterocycles. The normalized spacial score (nSPS) is 25.4. The maximum atomic E-state index is 11.8. The Morgan fingerprint density at radius 1 is 1.21 bits per heavy atom. The Bertz CT molecular complexity index is 300. The van der Waals surface area contributed by atoms with Crippen LogP contribution in [0, 0.1) is 0 Å². The third-order valence-corrected chi connectivity index (χ3v) is 4.21. The molecule has 0 aliphatic carbocycles. The number of amides is 1. The van der Waals surface area contributed by atoms with Gasteiger partial charge in [0.1, 0.15) is 0 Å².